The van der Waals surface area contributed by atoms with Crippen LogP contribution >= 0.6 is 11.3 Å². The molecule has 2 aromatic rings. The van der Waals surface area contributed by atoms with E-state index in [1.54, 1.807) is 16.3 Å². The summed E-state index contributed by atoms with van der Waals surface area (Å²) in [6.45, 7) is 2.86. The van der Waals surface area contributed by atoms with E-state index >= 15 is 0 Å². The molecule has 0 radical (unpaired) electrons. The van der Waals surface area contributed by atoms with E-state index in [2.05, 4.69) is 6.92 Å². The zero-order valence-electron chi connectivity index (χ0n) is 17.3. The maximum Gasteiger partial charge on any atom is 0.345 e. The smallest absolute Gasteiger partial charge is 0.345 e. The van der Waals surface area contributed by atoms with Crippen molar-refractivity contribution in [3.63, 3.8) is 0 Å². The third kappa shape index (κ3) is 5.68. The number of aliphatic hydroxyl groups excluding tert-OH is 1. The number of unbranched alkanes of at least 4 members (excludes halogenated alkanes) is 2. The van der Waals surface area contributed by atoms with Crippen LogP contribution in [-0.2, 0) is 16.1 Å². The van der Waals surface area contributed by atoms with Crippen molar-refractivity contribution >= 4 is 28.9 Å². The van der Waals surface area contributed by atoms with Crippen LogP contribution in [0.5, 0.6) is 0 Å². The fraction of sp³-hybridized carbons (Fsp3) is 0.478. The maximum absolute atomic E-state index is 12.4. The number of aliphatic hydroxyl groups is 1. The van der Waals surface area contributed by atoms with Crippen molar-refractivity contribution in [3.8, 4) is 0 Å². The van der Waals surface area contributed by atoms with Gasteiger partial charge in [-0.25, -0.2) is 4.79 Å². The van der Waals surface area contributed by atoms with Crippen LogP contribution in [0, 0.1) is 0 Å². The summed E-state index contributed by atoms with van der Waals surface area (Å²) in [5, 5.41) is 21.1. The second-order valence-electron chi connectivity index (χ2n) is 7.70. The Morgan fingerprint density at radius 1 is 1.30 bits per heavy atom. The van der Waals surface area contributed by atoms with Crippen molar-refractivity contribution in [2.24, 2.45) is 0 Å². The van der Waals surface area contributed by atoms with Crippen LogP contribution in [0.25, 0.3) is 0 Å². The predicted molar refractivity (Wildman–Crippen MR) is 117 cm³/mol. The van der Waals surface area contributed by atoms with Gasteiger partial charge in [0.2, 0.25) is 5.91 Å². The number of ether oxygens (including phenoxy) is 1. The minimum Gasteiger partial charge on any atom is -0.477 e. The molecule has 1 fully saturated rings. The average Bonchev–Trinajstić information content (AvgIpc) is 3.35. The highest BCUT2D eigenvalue weighted by atomic mass is 32.1. The number of hydrogen-bond donors (Lipinski definition) is 2. The Morgan fingerprint density at radius 3 is 2.73 bits per heavy atom. The lowest BCUT2D eigenvalue weighted by Gasteiger charge is -2.25. The number of anilines is 1. The molecule has 0 bridgehead atoms. The summed E-state index contributed by atoms with van der Waals surface area (Å²) in [5.74, 6) is -0.860. The van der Waals surface area contributed by atoms with E-state index < -0.39 is 12.1 Å². The second kappa shape index (κ2) is 10.7. The van der Waals surface area contributed by atoms with Gasteiger partial charge in [-0.2, -0.15) is 0 Å². The number of hydrogen-bond acceptors (Lipinski definition) is 5. The molecule has 2 heterocycles. The monoisotopic (exact) mass is 431 g/mol. The predicted octanol–water partition coefficient (Wildman–Crippen LogP) is 4.77. The van der Waals surface area contributed by atoms with Gasteiger partial charge in [0, 0.05) is 12.1 Å². The van der Waals surface area contributed by atoms with Crippen LogP contribution in [-0.4, -0.2) is 34.7 Å². The summed E-state index contributed by atoms with van der Waals surface area (Å²) in [5.41, 5.74) is 2.52. The minimum atomic E-state index is -0.933. The molecule has 0 saturated carbocycles. The first-order valence-electron chi connectivity index (χ1n) is 10.5. The topological polar surface area (TPSA) is 87.1 Å². The summed E-state index contributed by atoms with van der Waals surface area (Å²) in [7, 11) is 0. The summed E-state index contributed by atoms with van der Waals surface area (Å²) < 4.78 is 5.79. The van der Waals surface area contributed by atoms with Crippen LogP contribution < -0.4 is 4.90 Å². The molecule has 0 spiro atoms. The van der Waals surface area contributed by atoms with Crippen molar-refractivity contribution in [2.75, 3.05) is 11.5 Å². The van der Waals surface area contributed by atoms with Gasteiger partial charge in [-0.3, -0.25) is 4.79 Å². The highest BCUT2D eigenvalue weighted by Crippen LogP contribution is 2.29. The van der Waals surface area contributed by atoms with Crippen molar-refractivity contribution in [3.05, 3.63) is 51.7 Å². The van der Waals surface area contributed by atoms with Crippen LogP contribution in [0.4, 0.5) is 5.69 Å². The lowest BCUT2D eigenvalue weighted by molar-refractivity contribution is -0.117. The van der Waals surface area contributed by atoms with E-state index in [0.717, 1.165) is 48.9 Å². The highest BCUT2D eigenvalue weighted by Gasteiger charge is 2.32. The number of carboxylic acid groups (broad SMARTS) is 1. The molecule has 7 heteroatoms. The first-order chi connectivity index (χ1) is 14.5. The lowest BCUT2D eigenvalue weighted by atomic mass is 10.0. The molecule has 1 aliphatic heterocycles. The zero-order valence-corrected chi connectivity index (χ0v) is 18.1. The SMILES string of the molecule is CCCCCC(O)c1ccc(N2C(=O)CCC2COCc2csc(C(=O)O)c2)cc1. The first-order valence-corrected chi connectivity index (χ1v) is 11.4. The summed E-state index contributed by atoms with van der Waals surface area (Å²) in [6, 6.07) is 9.16. The molecule has 30 heavy (non-hydrogen) atoms. The molecule has 1 amide bonds. The number of amides is 1. The largest absolute Gasteiger partial charge is 0.477 e. The summed E-state index contributed by atoms with van der Waals surface area (Å²) >= 11 is 1.18. The third-order valence-corrected chi connectivity index (χ3v) is 6.37. The molecule has 6 nitrogen and oxygen atoms in total. The van der Waals surface area contributed by atoms with E-state index in [4.69, 9.17) is 9.84 Å². The van der Waals surface area contributed by atoms with E-state index in [9.17, 15) is 14.7 Å². The fourth-order valence-electron chi connectivity index (χ4n) is 3.74. The first kappa shape index (κ1) is 22.5. The molecule has 3 rings (SSSR count). The van der Waals surface area contributed by atoms with E-state index in [1.165, 1.54) is 11.3 Å². The van der Waals surface area contributed by atoms with Crippen molar-refractivity contribution < 1.29 is 24.5 Å². The highest BCUT2D eigenvalue weighted by molar-refractivity contribution is 7.12. The van der Waals surface area contributed by atoms with Gasteiger partial charge in [0.25, 0.3) is 0 Å². The van der Waals surface area contributed by atoms with Gasteiger partial charge in [-0.1, -0.05) is 38.3 Å². The maximum atomic E-state index is 12.4. The summed E-state index contributed by atoms with van der Waals surface area (Å²) in [4.78, 5) is 25.5. The van der Waals surface area contributed by atoms with E-state index in [0.29, 0.717) is 24.5 Å². The number of carboxylic acids is 1. The fourth-order valence-corrected chi connectivity index (χ4v) is 4.48. The molecule has 1 aliphatic rings. The Balaban J connectivity index is 1.56. The van der Waals surface area contributed by atoms with E-state index in [1.807, 2.05) is 24.3 Å². The van der Waals surface area contributed by atoms with Crippen molar-refractivity contribution in [1.29, 1.82) is 0 Å². The van der Waals surface area contributed by atoms with Crippen LogP contribution in [0.15, 0.2) is 35.7 Å². The van der Waals surface area contributed by atoms with Crippen molar-refractivity contribution in [1.82, 2.24) is 0 Å². The van der Waals surface area contributed by atoms with Crippen LogP contribution in [0.2, 0.25) is 0 Å². The normalized spacial score (nSPS) is 17.5. The van der Waals surface area contributed by atoms with E-state index in [-0.39, 0.29) is 11.9 Å². The second-order valence-corrected chi connectivity index (χ2v) is 8.61. The van der Waals surface area contributed by atoms with Gasteiger partial charge in [0.1, 0.15) is 4.88 Å². The Hall–Kier alpha value is -2.22. The van der Waals surface area contributed by atoms with Gasteiger partial charge in [0.15, 0.2) is 0 Å². The molecule has 1 saturated heterocycles. The zero-order chi connectivity index (χ0) is 21.5. The molecule has 2 atom stereocenters. The van der Waals surface area contributed by atoms with Crippen LogP contribution in [0.3, 0.4) is 0 Å². The molecule has 2 N–H and O–H groups in total. The Bertz CT molecular complexity index is 848. The summed E-state index contributed by atoms with van der Waals surface area (Å²) in [6.07, 6.45) is 4.73. The molecular weight excluding hydrogens is 402 g/mol. The molecular formula is C23H29NO5S. The number of carbonyl (C=O) groups is 2. The molecule has 1 aromatic carbocycles. The number of benzene rings is 1. The van der Waals surface area contributed by atoms with Crippen molar-refractivity contribution in [2.45, 2.75) is 64.2 Å². The molecule has 1 aromatic heterocycles. The molecule has 2 unspecified atom stereocenters. The minimum absolute atomic E-state index is 0.0459. The quantitative estimate of drug-likeness (QED) is 0.500. The van der Waals surface area contributed by atoms with Gasteiger partial charge in [-0.15, -0.1) is 11.3 Å². The molecule has 162 valence electrons. The third-order valence-electron chi connectivity index (χ3n) is 5.41. The average molecular weight is 432 g/mol. The van der Waals surface area contributed by atoms with Gasteiger partial charge in [-0.05, 0) is 47.5 Å². The number of rotatable bonds is 11. The Kier molecular flexibility index (Phi) is 8.01. The number of thiophene rings is 1. The number of aromatic carboxylic acids is 1. The Morgan fingerprint density at radius 2 is 2.07 bits per heavy atom. The van der Waals surface area contributed by atoms with Gasteiger partial charge in [0.05, 0.1) is 25.4 Å². The standard InChI is InChI=1S/C23H29NO5S/c1-2-3-4-5-20(25)17-6-8-18(9-7-17)24-19(10-11-22(24)26)14-29-13-16-12-21(23(27)28)30-15-16/h6-9,12,15,19-20,25H,2-5,10-11,13-14H2,1H3,(H,27,28). The van der Waals surface area contributed by atoms with Crippen LogP contribution in [0.1, 0.15) is 72.4 Å². The lowest BCUT2D eigenvalue weighted by Crippen LogP contribution is -2.36. The van der Waals surface area contributed by atoms with Gasteiger partial charge < -0.3 is 19.8 Å². The molecule has 0 aliphatic carbocycles. The van der Waals surface area contributed by atoms with Gasteiger partial charge >= 0.3 is 5.97 Å². The number of nitrogens with zero attached hydrogens (tertiary/aromatic N) is 1. The Labute approximate surface area is 181 Å². The number of carbonyl (C=O) groups excluding carboxylic acids is 1.